The Kier molecular flexibility index (Phi) is 4.92. The first-order valence-corrected chi connectivity index (χ1v) is 9.52. The van der Waals surface area contributed by atoms with Gasteiger partial charge in [-0.15, -0.1) is 0 Å². The molecule has 2 aromatic heterocycles. The number of fused-ring (bicyclic) bond motifs is 1. The first-order chi connectivity index (χ1) is 13.7. The highest BCUT2D eigenvalue weighted by Gasteiger charge is 2.33. The van der Waals surface area contributed by atoms with E-state index in [9.17, 15) is 13.6 Å². The van der Waals surface area contributed by atoms with Crippen molar-refractivity contribution in [1.29, 1.82) is 0 Å². The van der Waals surface area contributed by atoms with Crippen LogP contribution in [0.25, 0.3) is 16.8 Å². The van der Waals surface area contributed by atoms with Crippen LogP contribution in [-0.2, 0) is 12.3 Å². The van der Waals surface area contributed by atoms with Gasteiger partial charge in [-0.05, 0) is 23.3 Å². The number of H-pyrrole nitrogens is 1. The third kappa shape index (κ3) is 3.78. The lowest BCUT2D eigenvalue weighted by atomic mass is 10.0. The van der Waals surface area contributed by atoms with E-state index in [0.29, 0.717) is 22.7 Å². The largest absolute Gasteiger partial charge is 0.287 e. The van der Waals surface area contributed by atoms with Gasteiger partial charge in [-0.2, -0.15) is 8.78 Å². The van der Waals surface area contributed by atoms with Crippen molar-refractivity contribution in [3.8, 4) is 11.1 Å². The molecular formula is C21H15Cl2F2N3O. The standard InChI is InChI=1S/C21H15Cl2F2N3O/c1-21(24,25)19-18(13-7-8-15(22)16(23)10-13)20-26-14(11-17(29)28(20)27-19)9-12-5-3-2-4-6-12/h2-8,10-11,27H,9H2,1H3. The molecule has 2 aromatic carbocycles. The minimum Gasteiger partial charge on any atom is -0.287 e. The number of rotatable bonds is 4. The van der Waals surface area contributed by atoms with E-state index >= 15 is 0 Å². The molecule has 4 nitrogen and oxygen atoms in total. The highest BCUT2D eigenvalue weighted by molar-refractivity contribution is 6.42. The van der Waals surface area contributed by atoms with Crippen LogP contribution in [0.2, 0.25) is 10.0 Å². The van der Waals surface area contributed by atoms with Crippen molar-refractivity contribution in [2.24, 2.45) is 0 Å². The van der Waals surface area contributed by atoms with Crippen LogP contribution in [-0.4, -0.2) is 14.6 Å². The minimum atomic E-state index is -3.23. The third-order valence-corrected chi connectivity index (χ3v) is 5.28. The van der Waals surface area contributed by atoms with E-state index in [1.165, 1.54) is 18.2 Å². The zero-order valence-electron chi connectivity index (χ0n) is 15.2. The number of alkyl halides is 2. The molecule has 0 unspecified atom stereocenters. The molecule has 0 spiro atoms. The molecule has 0 radical (unpaired) electrons. The number of hydrogen-bond acceptors (Lipinski definition) is 2. The SMILES string of the molecule is CC(F)(F)c1[nH]n2c(=O)cc(Cc3ccccc3)nc2c1-c1ccc(Cl)c(Cl)c1. The smallest absolute Gasteiger partial charge is 0.287 e. The van der Waals surface area contributed by atoms with Crippen LogP contribution in [0.4, 0.5) is 8.78 Å². The van der Waals surface area contributed by atoms with E-state index in [4.69, 9.17) is 23.2 Å². The lowest BCUT2D eigenvalue weighted by Gasteiger charge is -2.11. The van der Waals surface area contributed by atoms with Gasteiger partial charge >= 0.3 is 0 Å². The second-order valence-electron chi connectivity index (χ2n) is 6.79. The lowest BCUT2D eigenvalue weighted by Crippen LogP contribution is -2.17. The van der Waals surface area contributed by atoms with E-state index in [0.717, 1.165) is 17.0 Å². The second-order valence-corrected chi connectivity index (χ2v) is 7.60. The monoisotopic (exact) mass is 433 g/mol. The summed E-state index contributed by atoms with van der Waals surface area (Å²) in [6.45, 7) is 0.759. The maximum absolute atomic E-state index is 14.4. The molecular weight excluding hydrogens is 419 g/mol. The van der Waals surface area contributed by atoms with Crippen LogP contribution >= 0.6 is 23.2 Å². The summed E-state index contributed by atoms with van der Waals surface area (Å²) < 4.78 is 29.8. The van der Waals surface area contributed by atoms with Crippen molar-refractivity contribution < 1.29 is 8.78 Å². The van der Waals surface area contributed by atoms with E-state index in [1.807, 2.05) is 30.3 Å². The zero-order valence-corrected chi connectivity index (χ0v) is 16.7. The van der Waals surface area contributed by atoms with Crippen molar-refractivity contribution in [3.05, 3.63) is 91.9 Å². The fourth-order valence-corrected chi connectivity index (χ4v) is 3.52. The normalized spacial score (nSPS) is 11.9. The summed E-state index contributed by atoms with van der Waals surface area (Å²) >= 11 is 12.1. The quantitative estimate of drug-likeness (QED) is 0.448. The van der Waals surface area contributed by atoms with Crippen molar-refractivity contribution >= 4 is 28.8 Å². The molecule has 0 aliphatic carbocycles. The van der Waals surface area contributed by atoms with Gasteiger partial charge in [-0.1, -0.05) is 59.6 Å². The number of benzene rings is 2. The topological polar surface area (TPSA) is 50.2 Å². The Morgan fingerprint density at radius 2 is 1.79 bits per heavy atom. The summed E-state index contributed by atoms with van der Waals surface area (Å²) in [4.78, 5) is 17.2. The first kappa shape index (κ1) is 19.6. The summed E-state index contributed by atoms with van der Waals surface area (Å²) in [5, 5.41) is 3.03. The minimum absolute atomic E-state index is 0.110. The molecule has 4 aromatic rings. The Bertz CT molecular complexity index is 1260. The lowest BCUT2D eigenvalue weighted by molar-refractivity contribution is 0.0131. The molecule has 0 aliphatic heterocycles. The van der Waals surface area contributed by atoms with Crippen molar-refractivity contribution in [3.63, 3.8) is 0 Å². The molecule has 1 N–H and O–H groups in total. The van der Waals surface area contributed by atoms with Crippen LogP contribution in [0.3, 0.4) is 0 Å². The first-order valence-electron chi connectivity index (χ1n) is 8.76. The van der Waals surface area contributed by atoms with Crippen LogP contribution < -0.4 is 5.56 Å². The summed E-state index contributed by atoms with van der Waals surface area (Å²) in [6, 6.07) is 15.4. The fourth-order valence-electron chi connectivity index (χ4n) is 3.22. The van der Waals surface area contributed by atoms with E-state index < -0.39 is 17.2 Å². The number of aromatic nitrogens is 3. The number of nitrogens with zero attached hydrogens (tertiary/aromatic N) is 2. The van der Waals surface area contributed by atoms with Crippen LogP contribution in [0.1, 0.15) is 23.9 Å². The molecule has 0 amide bonds. The third-order valence-electron chi connectivity index (χ3n) is 4.54. The molecule has 0 saturated carbocycles. The Labute approximate surface area is 174 Å². The average molecular weight is 434 g/mol. The molecule has 2 heterocycles. The van der Waals surface area contributed by atoms with E-state index in [-0.39, 0.29) is 16.2 Å². The van der Waals surface area contributed by atoms with Gasteiger partial charge in [-0.3, -0.25) is 9.89 Å². The molecule has 148 valence electrons. The fraction of sp³-hybridized carbons (Fsp3) is 0.143. The maximum atomic E-state index is 14.4. The van der Waals surface area contributed by atoms with E-state index in [2.05, 4.69) is 10.1 Å². The van der Waals surface area contributed by atoms with Gasteiger partial charge in [0.1, 0.15) is 5.69 Å². The molecule has 8 heteroatoms. The van der Waals surface area contributed by atoms with Gasteiger partial charge in [0.25, 0.3) is 11.5 Å². The highest BCUT2D eigenvalue weighted by Crippen LogP contribution is 2.38. The predicted octanol–water partition coefficient (Wildman–Crippen LogP) is 5.70. The van der Waals surface area contributed by atoms with Gasteiger partial charge < -0.3 is 0 Å². The van der Waals surface area contributed by atoms with Gasteiger partial charge in [0.15, 0.2) is 5.65 Å². The van der Waals surface area contributed by atoms with Crippen LogP contribution in [0.5, 0.6) is 0 Å². The predicted molar refractivity (Wildman–Crippen MR) is 110 cm³/mol. The number of nitrogens with one attached hydrogen (secondary N) is 1. The molecule has 0 aliphatic rings. The Hall–Kier alpha value is -2.70. The van der Waals surface area contributed by atoms with Crippen LogP contribution in [0.15, 0.2) is 59.4 Å². The van der Waals surface area contributed by atoms with Gasteiger partial charge in [0.05, 0.1) is 21.3 Å². The van der Waals surface area contributed by atoms with Crippen LogP contribution in [0, 0.1) is 0 Å². The molecule has 0 fully saturated rings. The highest BCUT2D eigenvalue weighted by atomic mass is 35.5. The van der Waals surface area contributed by atoms with Crippen molar-refractivity contribution in [2.75, 3.05) is 0 Å². The maximum Gasteiger partial charge on any atom is 0.287 e. The second kappa shape index (κ2) is 7.28. The summed E-state index contributed by atoms with van der Waals surface area (Å²) in [5.74, 6) is -3.23. The van der Waals surface area contributed by atoms with Gasteiger partial charge in [0.2, 0.25) is 0 Å². The zero-order chi connectivity index (χ0) is 20.8. The number of aromatic amines is 1. The van der Waals surface area contributed by atoms with Gasteiger partial charge in [-0.25, -0.2) is 9.50 Å². The summed E-state index contributed by atoms with van der Waals surface area (Å²) in [5.41, 5.74) is 1.15. The molecule has 0 atom stereocenters. The molecule has 29 heavy (non-hydrogen) atoms. The Morgan fingerprint density at radius 1 is 1.07 bits per heavy atom. The Morgan fingerprint density at radius 3 is 2.45 bits per heavy atom. The van der Waals surface area contributed by atoms with Crippen molar-refractivity contribution in [1.82, 2.24) is 14.6 Å². The number of halogens is 4. The summed E-state index contributed by atoms with van der Waals surface area (Å²) in [7, 11) is 0. The Balaban J connectivity index is 1.98. The molecule has 0 saturated heterocycles. The number of hydrogen-bond donors (Lipinski definition) is 1. The van der Waals surface area contributed by atoms with Crippen molar-refractivity contribution in [2.45, 2.75) is 19.3 Å². The summed E-state index contributed by atoms with van der Waals surface area (Å²) in [6.07, 6.45) is 0.399. The average Bonchev–Trinajstić information content (AvgIpc) is 3.05. The van der Waals surface area contributed by atoms with Gasteiger partial charge in [0, 0.05) is 19.4 Å². The van der Waals surface area contributed by atoms with E-state index in [1.54, 1.807) is 6.07 Å². The molecule has 0 bridgehead atoms. The molecule has 4 rings (SSSR count).